The monoisotopic (exact) mass is 326 g/mol. The molecule has 2 aromatic rings. The number of carbonyl (C=O) groups is 2. The molecule has 8 heteroatoms. The normalized spacial score (nSPS) is 11.8. The summed E-state index contributed by atoms with van der Waals surface area (Å²) in [5.41, 5.74) is -0.0805. The van der Waals surface area contributed by atoms with Crippen LogP contribution in [0, 0.1) is 11.6 Å². The molecule has 2 rings (SSSR count). The number of aromatic nitrogens is 1. The Hall–Kier alpha value is -2.35. The Kier molecular flexibility index (Phi) is 4.81. The molecule has 0 unspecified atom stereocenters. The molecular weight excluding hydrogens is 314 g/mol. The van der Waals surface area contributed by atoms with Crippen molar-refractivity contribution in [1.29, 1.82) is 0 Å². The Morgan fingerprint density at radius 3 is 2.77 bits per heavy atom. The van der Waals surface area contributed by atoms with Crippen LogP contribution in [0.4, 0.5) is 13.9 Å². The molecule has 0 bridgehead atoms. The number of ether oxygens (including phenoxy) is 1. The van der Waals surface area contributed by atoms with Crippen molar-refractivity contribution in [2.45, 2.75) is 20.0 Å². The zero-order valence-electron chi connectivity index (χ0n) is 11.7. The number of amides is 1. The van der Waals surface area contributed by atoms with Gasteiger partial charge in [0.05, 0.1) is 0 Å². The van der Waals surface area contributed by atoms with Crippen LogP contribution in [0.1, 0.15) is 36.0 Å². The van der Waals surface area contributed by atoms with Gasteiger partial charge >= 0.3 is 5.97 Å². The van der Waals surface area contributed by atoms with Crippen LogP contribution < -0.4 is 5.32 Å². The molecular formula is C14H12F2N2O3S. The van der Waals surface area contributed by atoms with Gasteiger partial charge in [-0.2, -0.15) is 0 Å². The first kappa shape index (κ1) is 16.0. The molecule has 0 aliphatic carbocycles. The van der Waals surface area contributed by atoms with E-state index in [2.05, 4.69) is 10.3 Å². The molecule has 1 heterocycles. The molecule has 22 heavy (non-hydrogen) atoms. The number of nitrogens with one attached hydrogen (secondary N) is 1. The van der Waals surface area contributed by atoms with Gasteiger partial charge in [-0.25, -0.2) is 18.6 Å². The zero-order valence-corrected chi connectivity index (χ0v) is 12.5. The van der Waals surface area contributed by atoms with Crippen molar-refractivity contribution in [1.82, 2.24) is 4.98 Å². The summed E-state index contributed by atoms with van der Waals surface area (Å²) in [7, 11) is 0. The summed E-state index contributed by atoms with van der Waals surface area (Å²) >= 11 is 1.06. The zero-order chi connectivity index (χ0) is 16.3. The van der Waals surface area contributed by atoms with Crippen LogP contribution in [0.25, 0.3) is 0 Å². The predicted molar refractivity (Wildman–Crippen MR) is 76.6 cm³/mol. The number of carbonyl (C=O) groups excluding carboxylic acids is 2. The molecule has 0 fully saturated rings. The summed E-state index contributed by atoms with van der Waals surface area (Å²) in [6.07, 6.45) is -0.978. The predicted octanol–water partition coefficient (Wildman–Crippen LogP) is 3.30. The highest BCUT2D eigenvalue weighted by molar-refractivity contribution is 7.14. The summed E-state index contributed by atoms with van der Waals surface area (Å²) in [4.78, 5) is 26.7. The first-order valence-corrected chi connectivity index (χ1v) is 7.14. The van der Waals surface area contributed by atoms with Crippen LogP contribution in [0.15, 0.2) is 23.6 Å². The maximum Gasteiger partial charge on any atom is 0.358 e. The standard InChI is InChI=1S/C14H12F2N2O3S/c1-7(10-5-9(15)3-4-11(10)16)21-13(20)12-6-22-14(18-12)17-8(2)19/h3-7H,1-2H3,(H,17,18,19)/t7-/m0/s1. The summed E-state index contributed by atoms with van der Waals surface area (Å²) in [5.74, 6) is -2.40. The molecule has 1 amide bonds. The van der Waals surface area contributed by atoms with Gasteiger partial charge in [-0.1, -0.05) is 0 Å². The van der Waals surface area contributed by atoms with E-state index in [1.54, 1.807) is 0 Å². The molecule has 116 valence electrons. The van der Waals surface area contributed by atoms with Crippen LogP contribution in [-0.2, 0) is 9.53 Å². The SMILES string of the molecule is CC(=O)Nc1nc(C(=O)O[C@@H](C)c2cc(F)ccc2F)cs1. The molecule has 5 nitrogen and oxygen atoms in total. The van der Waals surface area contributed by atoms with E-state index in [4.69, 9.17) is 4.74 Å². The first-order chi connectivity index (χ1) is 10.4. The van der Waals surface area contributed by atoms with Gasteiger partial charge in [-0.15, -0.1) is 11.3 Å². The van der Waals surface area contributed by atoms with Gasteiger partial charge in [0.25, 0.3) is 0 Å². The van der Waals surface area contributed by atoms with E-state index in [0.29, 0.717) is 0 Å². The second-order valence-electron chi connectivity index (χ2n) is 4.43. The highest BCUT2D eigenvalue weighted by atomic mass is 32.1. The molecule has 0 spiro atoms. The number of hydrogen-bond donors (Lipinski definition) is 1. The molecule has 1 atom stereocenters. The minimum absolute atomic E-state index is 0.0163. The van der Waals surface area contributed by atoms with Gasteiger partial charge < -0.3 is 10.1 Å². The topological polar surface area (TPSA) is 68.3 Å². The minimum Gasteiger partial charge on any atom is -0.453 e. The molecule has 1 N–H and O–H groups in total. The molecule has 0 saturated heterocycles. The van der Waals surface area contributed by atoms with Crippen LogP contribution in [0.5, 0.6) is 0 Å². The quantitative estimate of drug-likeness (QED) is 0.875. The number of benzene rings is 1. The second-order valence-corrected chi connectivity index (χ2v) is 5.29. The maximum atomic E-state index is 13.6. The van der Waals surface area contributed by atoms with Crippen molar-refractivity contribution in [3.63, 3.8) is 0 Å². The average molecular weight is 326 g/mol. The van der Waals surface area contributed by atoms with Gasteiger partial charge in [0.1, 0.15) is 17.7 Å². The number of nitrogens with zero attached hydrogens (tertiary/aromatic N) is 1. The van der Waals surface area contributed by atoms with E-state index < -0.39 is 23.7 Å². The Balaban J connectivity index is 2.09. The van der Waals surface area contributed by atoms with E-state index >= 15 is 0 Å². The van der Waals surface area contributed by atoms with Gasteiger partial charge in [0.15, 0.2) is 10.8 Å². The Morgan fingerprint density at radius 1 is 1.36 bits per heavy atom. The third-order valence-corrected chi connectivity index (χ3v) is 3.43. The van der Waals surface area contributed by atoms with Crippen molar-refractivity contribution < 1.29 is 23.1 Å². The highest BCUT2D eigenvalue weighted by Crippen LogP contribution is 2.23. The van der Waals surface area contributed by atoms with Gasteiger partial charge in [0, 0.05) is 17.9 Å². The van der Waals surface area contributed by atoms with E-state index in [-0.39, 0.29) is 22.3 Å². The van der Waals surface area contributed by atoms with Crippen molar-refractivity contribution in [2.24, 2.45) is 0 Å². The summed E-state index contributed by atoms with van der Waals surface area (Å²) in [6, 6.07) is 2.91. The highest BCUT2D eigenvalue weighted by Gasteiger charge is 2.19. The fraction of sp³-hybridized carbons (Fsp3) is 0.214. The Bertz CT molecular complexity index is 718. The number of halogens is 2. The molecule has 0 saturated carbocycles. The van der Waals surface area contributed by atoms with E-state index in [0.717, 1.165) is 29.5 Å². The third-order valence-electron chi connectivity index (χ3n) is 2.68. The van der Waals surface area contributed by atoms with Crippen LogP contribution >= 0.6 is 11.3 Å². The Morgan fingerprint density at radius 2 is 2.09 bits per heavy atom. The van der Waals surface area contributed by atoms with Gasteiger partial charge in [-0.3, -0.25) is 4.79 Å². The maximum absolute atomic E-state index is 13.6. The first-order valence-electron chi connectivity index (χ1n) is 6.26. The number of rotatable bonds is 4. The van der Waals surface area contributed by atoms with Crippen molar-refractivity contribution >= 4 is 28.3 Å². The molecule has 1 aromatic heterocycles. The molecule has 0 aliphatic heterocycles. The van der Waals surface area contributed by atoms with Gasteiger partial charge in [-0.05, 0) is 25.1 Å². The van der Waals surface area contributed by atoms with Crippen molar-refractivity contribution in [3.8, 4) is 0 Å². The molecule has 0 aliphatic rings. The summed E-state index contributed by atoms with van der Waals surface area (Å²) < 4.78 is 31.8. The number of thiazole rings is 1. The lowest BCUT2D eigenvalue weighted by Crippen LogP contribution is -2.12. The fourth-order valence-electron chi connectivity index (χ4n) is 1.69. The van der Waals surface area contributed by atoms with Crippen LogP contribution in [-0.4, -0.2) is 16.9 Å². The van der Waals surface area contributed by atoms with Gasteiger partial charge in [0.2, 0.25) is 5.91 Å². The fourth-order valence-corrected chi connectivity index (χ4v) is 2.41. The lowest BCUT2D eigenvalue weighted by molar-refractivity contribution is -0.114. The minimum atomic E-state index is -0.978. The lowest BCUT2D eigenvalue weighted by atomic mass is 10.1. The van der Waals surface area contributed by atoms with E-state index in [9.17, 15) is 18.4 Å². The number of hydrogen-bond acceptors (Lipinski definition) is 5. The number of esters is 1. The smallest absolute Gasteiger partial charge is 0.358 e. The average Bonchev–Trinajstić information content (AvgIpc) is 2.89. The number of anilines is 1. The summed E-state index contributed by atoms with van der Waals surface area (Å²) in [6.45, 7) is 2.74. The van der Waals surface area contributed by atoms with Crippen LogP contribution in [0.3, 0.4) is 0 Å². The summed E-state index contributed by atoms with van der Waals surface area (Å²) in [5, 5.41) is 4.09. The molecule has 1 aromatic carbocycles. The van der Waals surface area contributed by atoms with Crippen molar-refractivity contribution in [3.05, 3.63) is 46.5 Å². The largest absolute Gasteiger partial charge is 0.453 e. The second kappa shape index (κ2) is 6.61. The lowest BCUT2D eigenvalue weighted by Gasteiger charge is -2.13. The van der Waals surface area contributed by atoms with E-state index in [1.165, 1.54) is 19.2 Å². The van der Waals surface area contributed by atoms with E-state index in [1.807, 2.05) is 0 Å². The third kappa shape index (κ3) is 3.85. The molecule has 0 radical (unpaired) electrons. The van der Waals surface area contributed by atoms with Crippen molar-refractivity contribution in [2.75, 3.05) is 5.32 Å². The Labute approximate surface area is 128 Å². The van der Waals surface area contributed by atoms with Crippen LogP contribution in [0.2, 0.25) is 0 Å².